The Hall–Kier alpha value is -1.23. The van der Waals surface area contributed by atoms with Crippen molar-refractivity contribution < 1.29 is 13.2 Å². The van der Waals surface area contributed by atoms with Crippen LogP contribution in [0.1, 0.15) is 43.2 Å². The van der Waals surface area contributed by atoms with Crippen LogP contribution in [-0.2, 0) is 11.7 Å². The second-order valence-electron chi connectivity index (χ2n) is 5.84. The van der Waals surface area contributed by atoms with E-state index in [0.29, 0.717) is 12.8 Å². The lowest BCUT2D eigenvalue weighted by Gasteiger charge is -2.36. The van der Waals surface area contributed by atoms with E-state index in [1.165, 1.54) is 6.07 Å². The van der Waals surface area contributed by atoms with Gasteiger partial charge in [0.25, 0.3) is 0 Å². The van der Waals surface area contributed by atoms with Gasteiger partial charge in [0.05, 0.1) is 5.56 Å². The summed E-state index contributed by atoms with van der Waals surface area (Å²) < 4.78 is 39.7. The van der Waals surface area contributed by atoms with Gasteiger partial charge in [-0.25, -0.2) is 0 Å². The molecule has 1 aliphatic rings. The predicted octanol–water partition coefficient (Wildman–Crippen LogP) is 3.89. The van der Waals surface area contributed by atoms with Gasteiger partial charge in [-0.3, -0.25) is 0 Å². The molecule has 0 bridgehead atoms. The molecule has 2 N–H and O–H groups in total. The number of halogens is 3. The Labute approximate surface area is 117 Å². The second-order valence-corrected chi connectivity index (χ2v) is 5.84. The van der Waals surface area contributed by atoms with Crippen LogP contribution >= 0.6 is 0 Å². The highest BCUT2D eigenvalue weighted by Gasteiger charge is 2.40. The van der Waals surface area contributed by atoms with E-state index in [1.54, 1.807) is 11.0 Å². The summed E-state index contributed by atoms with van der Waals surface area (Å²) in [7, 11) is 3.63. The maximum atomic E-state index is 13.2. The molecule has 1 aromatic carbocycles. The Kier molecular flexibility index (Phi) is 4.00. The average Bonchev–Trinajstić information content (AvgIpc) is 2.38. The molecule has 20 heavy (non-hydrogen) atoms. The molecule has 1 fully saturated rings. The van der Waals surface area contributed by atoms with Gasteiger partial charge in [0.15, 0.2) is 0 Å². The number of hydrogen-bond donors (Lipinski definition) is 1. The first-order valence-corrected chi connectivity index (χ1v) is 6.92. The van der Waals surface area contributed by atoms with E-state index in [9.17, 15) is 13.2 Å². The molecule has 0 heterocycles. The minimum atomic E-state index is -4.36. The summed E-state index contributed by atoms with van der Waals surface area (Å²) in [4.78, 5) is 1.80. The zero-order valence-electron chi connectivity index (χ0n) is 11.9. The van der Waals surface area contributed by atoms with Gasteiger partial charge >= 0.3 is 6.18 Å². The van der Waals surface area contributed by atoms with Gasteiger partial charge in [0.2, 0.25) is 0 Å². The molecular formula is C15H21F3N2. The molecule has 1 aromatic rings. The molecule has 0 aliphatic heterocycles. The molecule has 2 rings (SSSR count). The Morgan fingerprint density at radius 2 is 1.70 bits per heavy atom. The van der Waals surface area contributed by atoms with E-state index in [4.69, 9.17) is 5.73 Å². The molecule has 5 heteroatoms. The standard InChI is InChI=1S/C15H21F3N2/c1-20(2)11-6-7-12(15(16,17)18)13(10-11)14(19)8-4-3-5-9-14/h6-7,10H,3-5,8-9,19H2,1-2H3. The van der Waals surface area contributed by atoms with Crippen LogP contribution in [0.15, 0.2) is 18.2 Å². The fraction of sp³-hybridized carbons (Fsp3) is 0.600. The highest BCUT2D eigenvalue weighted by molar-refractivity contribution is 5.52. The topological polar surface area (TPSA) is 29.3 Å². The van der Waals surface area contributed by atoms with E-state index in [1.807, 2.05) is 14.1 Å². The maximum Gasteiger partial charge on any atom is 0.416 e. The summed E-state index contributed by atoms with van der Waals surface area (Å²) in [5.74, 6) is 0. The molecule has 2 nitrogen and oxygen atoms in total. The van der Waals surface area contributed by atoms with Crippen molar-refractivity contribution in [2.45, 2.75) is 43.8 Å². The number of hydrogen-bond acceptors (Lipinski definition) is 2. The monoisotopic (exact) mass is 286 g/mol. The smallest absolute Gasteiger partial charge is 0.378 e. The molecule has 0 saturated heterocycles. The third kappa shape index (κ3) is 2.92. The van der Waals surface area contributed by atoms with Crippen LogP contribution in [0.2, 0.25) is 0 Å². The van der Waals surface area contributed by atoms with E-state index in [0.717, 1.165) is 31.0 Å². The first-order valence-electron chi connectivity index (χ1n) is 6.92. The SMILES string of the molecule is CN(C)c1ccc(C(F)(F)F)c(C2(N)CCCCC2)c1. The number of benzene rings is 1. The third-order valence-electron chi connectivity index (χ3n) is 4.11. The van der Waals surface area contributed by atoms with Gasteiger partial charge in [-0.2, -0.15) is 13.2 Å². The number of rotatable bonds is 2. The van der Waals surface area contributed by atoms with E-state index < -0.39 is 17.3 Å². The largest absolute Gasteiger partial charge is 0.416 e. The van der Waals surface area contributed by atoms with Crippen molar-refractivity contribution in [2.24, 2.45) is 5.73 Å². The number of alkyl halides is 3. The lowest BCUT2D eigenvalue weighted by Crippen LogP contribution is -2.40. The number of nitrogens with zero attached hydrogens (tertiary/aromatic N) is 1. The van der Waals surface area contributed by atoms with E-state index in [2.05, 4.69) is 0 Å². The molecule has 0 radical (unpaired) electrons. The molecule has 0 amide bonds. The van der Waals surface area contributed by atoms with Crippen LogP contribution in [0.4, 0.5) is 18.9 Å². The number of nitrogens with two attached hydrogens (primary N) is 1. The summed E-state index contributed by atoms with van der Waals surface area (Å²) >= 11 is 0. The Balaban J connectivity index is 2.54. The Morgan fingerprint density at radius 3 is 2.20 bits per heavy atom. The van der Waals surface area contributed by atoms with Crippen LogP contribution in [0.25, 0.3) is 0 Å². The number of anilines is 1. The fourth-order valence-corrected chi connectivity index (χ4v) is 2.92. The summed E-state index contributed by atoms with van der Waals surface area (Å²) in [6.45, 7) is 0. The Bertz CT molecular complexity index is 474. The van der Waals surface area contributed by atoms with Crippen molar-refractivity contribution in [3.63, 3.8) is 0 Å². The quantitative estimate of drug-likeness (QED) is 0.893. The minimum Gasteiger partial charge on any atom is -0.378 e. The van der Waals surface area contributed by atoms with Crippen LogP contribution in [0.3, 0.4) is 0 Å². The first kappa shape index (κ1) is 15.2. The molecular weight excluding hydrogens is 265 g/mol. The third-order valence-corrected chi connectivity index (χ3v) is 4.11. The summed E-state index contributed by atoms with van der Waals surface area (Å²) in [5.41, 5.74) is 5.89. The molecule has 1 aliphatic carbocycles. The van der Waals surface area contributed by atoms with Crippen molar-refractivity contribution in [1.82, 2.24) is 0 Å². The zero-order chi connectivity index (χ0) is 15.0. The second kappa shape index (κ2) is 5.28. The molecule has 1 saturated carbocycles. The van der Waals surface area contributed by atoms with Crippen molar-refractivity contribution in [1.29, 1.82) is 0 Å². The van der Waals surface area contributed by atoms with Crippen LogP contribution in [-0.4, -0.2) is 14.1 Å². The molecule has 0 atom stereocenters. The van der Waals surface area contributed by atoms with Crippen LogP contribution in [0, 0.1) is 0 Å². The van der Waals surface area contributed by atoms with Crippen LogP contribution in [0.5, 0.6) is 0 Å². The fourth-order valence-electron chi connectivity index (χ4n) is 2.92. The van der Waals surface area contributed by atoms with Crippen molar-refractivity contribution in [3.8, 4) is 0 Å². The van der Waals surface area contributed by atoms with Gasteiger partial charge in [-0.05, 0) is 36.6 Å². The van der Waals surface area contributed by atoms with Gasteiger partial charge in [0.1, 0.15) is 0 Å². The van der Waals surface area contributed by atoms with Gasteiger partial charge in [0, 0.05) is 25.3 Å². The summed E-state index contributed by atoms with van der Waals surface area (Å²) in [6.07, 6.45) is -0.294. The minimum absolute atomic E-state index is 0.246. The van der Waals surface area contributed by atoms with Gasteiger partial charge in [-0.15, -0.1) is 0 Å². The lowest BCUT2D eigenvalue weighted by molar-refractivity contribution is -0.139. The summed E-state index contributed by atoms with van der Waals surface area (Å²) in [5, 5.41) is 0. The first-order chi connectivity index (χ1) is 9.24. The van der Waals surface area contributed by atoms with Gasteiger partial charge in [-0.1, -0.05) is 19.3 Å². The van der Waals surface area contributed by atoms with Gasteiger partial charge < -0.3 is 10.6 Å². The maximum absolute atomic E-state index is 13.2. The predicted molar refractivity (Wildman–Crippen MR) is 74.7 cm³/mol. The average molecular weight is 286 g/mol. The molecule has 0 spiro atoms. The van der Waals surface area contributed by atoms with Crippen molar-refractivity contribution in [2.75, 3.05) is 19.0 Å². The molecule has 0 unspecified atom stereocenters. The molecule has 112 valence electrons. The normalized spacial score (nSPS) is 18.9. The Morgan fingerprint density at radius 1 is 1.10 bits per heavy atom. The molecule has 0 aromatic heterocycles. The van der Waals surface area contributed by atoms with Crippen molar-refractivity contribution >= 4 is 5.69 Å². The highest BCUT2D eigenvalue weighted by atomic mass is 19.4. The highest BCUT2D eigenvalue weighted by Crippen LogP contribution is 2.43. The van der Waals surface area contributed by atoms with E-state index in [-0.39, 0.29) is 5.56 Å². The summed E-state index contributed by atoms with van der Waals surface area (Å²) in [6, 6.07) is 4.26. The van der Waals surface area contributed by atoms with Crippen molar-refractivity contribution in [3.05, 3.63) is 29.3 Å². The lowest BCUT2D eigenvalue weighted by atomic mass is 9.75. The van der Waals surface area contributed by atoms with Crippen LogP contribution < -0.4 is 10.6 Å². The van der Waals surface area contributed by atoms with E-state index >= 15 is 0 Å². The zero-order valence-corrected chi connectivity index (χ0v) is 11.9.